The van der Waals surface area contributed by atoms with E-state index in [1.165, 1.54) is 23.6 Å². The third-order valence-electron chi connectivity index (χ3n) is 3.23. The monoisotopic (exact) mass is 240 g/mol. The van der Waals surface area contributed by atoms with Gasteiger partial charge in [-0.05, 0) is 23.1 Å². The highest BCUT2D eigenvalue weighted by molar-refractivity contribution is 6.37. The molecule has 0 aromatic heterocycles. The highest BCUT2D eigenvalue weighted by atomic mass is 28.2. The van der Waals surface area contributed by atoms with E-state index in [4.69, 9.17) is 0 Å². The van der Waals surface area contributed by atoms with Crippen LogP contribution in [0.4, 0.5) is 0 Å². The number of hydrogen-bond acceptors (Lipinski definition) is 0. The average molecular weight is 240 g/mol. The topological polar surface area (TPSA) is 0 Å². The molecule has 2 aromatic carbocycles. The van der Waals surface area contributed by atoms with Crippen LogP contribution in [0.25, 0.3) is 0 Å². The van der Waals surface area contributed by atoms with Gasteiger partial charge in [-0.25, -0.2) is 0 Å². The van der Waals surface area contributed by atoms with Crippen molar-refractivity contribution in [3.05, 3.63) is 71.8 Å². The maximum absolute atomic E-state index is 2.33. The maximum atomic E-state index is 2.33. The lowest BCUT2D eigenvalue weighted by atomic mass is 10.0. The van der Waals surface area contributed by atoms with Gasteiger partial charge in [-0.1, -0.05) is 73.6 Å². The van der Waals surface area contributed by atoms with E-state index in [1.807, 2.05) is 0 Å². The van der Waals surface area contributed by atoms with E-state index < -0.39 is 0 Å². The molecule has 0 aliphatic carbocycles. The Kier molecular flexibility index (Phi) is 4.57. The van der Waals surface area contributed by atoms with Gasteiger partial charge >= 0.3 is 0 Å². The molecule has 2 aromatic rings. The smallest absolute Gasteiger partial charge is 0.0288 e. The van der Waals surface area contributed by atoms with Crippen molar-refractivity contribution in [3.63, 3.8) is 0 Å². The van der Waals surface area contributed by atoms with Crippen molar-refractivity contribution in [2.75, 3.05) is 0 Å². The molecular formula is C16H20Si. The van der Waals surface area contributed by atoms with E-state index in [1.54, 1.807) is 0 Å². The Morgan fingerprint density at radius 3 is 2.06 bits per heavy atom. The normalized spacial score (nSPS) is 13.0. The minimum Gasteiger partial charge on any atom is -0.0683 e. The van der Waals surface area contributed by atoms with Crippen molar-refractivity contribution >= 4 is 9.52 Å². The summed E-state index contributed by atoms with van der Waals surface area (Å²) in [6, 6.07) is 23.3. The summed E-state index contributed by atoms with van der Waals surface area (Å²) in [6.45, 7) is 2.33. The molecule has 0 bridgehead atoms. The Balaban J connectivity index is 2.13. The first-order valence-corrected chi connectivity index (χ1v) is 8.30. The fourth-order valence-corrected chi connectivity index (χ4v) is 4.20. The first-order valence-electron chi connectivity index (χ1n) is 6.49. The standard InChI is InChI=1S/C16H20Si/c1-2-17-16(15-11-7-4-8-12-15)13-14-9-5-3-6-10-14/h3-12,16H,2,13,17H2,1H3. The second kappa shape index (κ2) is 6.41. The average Bonchev–Trinajstić information content (AvgIpc) is 2.40. The van der Waals surface area contributed by atoms with Crippen LogP contribution in [0.3, 0.4) is 0 Å². The van der Waals surface area contributed by atoms with Gasteiger partial charge in [-0.15, -0.1) is 0 Å². The summed E-state index contributed by atoms with van der Waals surface area (Å²) in [6.07, 6.45) is 1.21. The molecule has 0 amide bonds. The van der Waals surface area contributed by atoms with Crippen molar-refractivity contribution < 1.29 is 0 Å². The SMILES string of the molecule is CC[SiH2]C(Cc1ccccc1)c1ccccc1. The number of hydrogen-bond donors (Lipinski definition) is 0. The lowest BCUT2D eigenvalue weighted by Crippen LogP contribution is -2.10. The van der Waals surface area contributed by atoms with E-state index in [2.05, 4.69) is 67.6 Å². The third-order valence-corrected chi connectivity index (χ3v) is 5.27. The van der Waals surface area contributed by atoms with Crippen LogP contribution in [-0.2, 0) is 6.42 Å². The summed E-state index contributed by atoms with van der Waals surface area (Å²) in [5.41, 5.74) is 3.80. The molecule has 0 nitrogen and oxygen atoms in total. The van der Waals surface area contributed by atoms with Crippen LogP contribution in [0, 0.1) is 0 Å². The van der Waals surface area contributed by atoms with Crippen molar-refractivity contribution in [2.24, 2.45) is 0 Å². The van der Waals surface area contributed by atoms with Gasteiger partial charge in [0.15, 0.2) is 0 Å². The molecule has 0 heterocycles. The minimum atomic E-state index is -0.00640. The van der Waals surface area contributed by atoms with Crippen LogP contribution in [0.2, 0.25) is 6.04 Å². The van der Waals surface area contributed by atoms with Gasteiger partial charge in [0, 0.05) is 9.52 Å². The second-order valence-corrected chi connectivity index (χ2v) is 7.15. The molecule has 1 atom stereocenters. The molecule has 0 aliphatic heterocycles. The van der Waals surface area contributed by atoms with Gasteiger partial charge in [-0.2, -0.15) is 0 Å². The Labute approximate surface area is 107 Å². The van der Waals surface area contributed by atoms with Crippen LogP contribution in [0.1, 0.15) is 23.6 Å². The van der Waals surface area contributed by atoms with Crippen molar-refractivity contribution in [1.82, 2.24) is 0 Å². The predicted molar refractivity (Wildman–Crippen MR) is 78.4 cm³/mol. The Morgan fingerprint density at radius 2 is 1.47 bits per heavy atom. The zero-order valence-electron chi connectivity index (χ0n) is 10.5. The molecule has 1 unspecified atom stereocenters. The molecule has 88 valence electrons. The first kappa shape index (κ1) is 12.1. The minimum absolute atomic E-state index is 0.00640. The summed E-state index contributed by atoms with van der Waals surface area (Å²) in [7, 11) is -0.00640. The molecule has 0 saturated carbocycles. The van der Waals surface area contributed by atoms with Gasteiger partial charge < -0.3 is 0 Å². The zero-order chi connectivity index (χ0) is 11.9. The number of benzene rings is 2. The fraction of sp³-hybridized carbons (Fsp3) is 0.250. The summed E-state index contributed by atoms with van der Waals surface area (Å²) in [4.78, 5) is 0. The number of rotatable bonds is 5. The van der Waals surface area contributed by atoms with Crippen LogP contribution in [0.5, 0.6) is 0 Å². The molecule has 1 heteroatoms. The summed E-state index contributed by atoms with van der Waals surface area (Å²) in [5, 5.41) is 0. The lowest BCUT2D eigenvalue weighted by molar-refractivity contribution is 0.901. The Morgan fingerprint density at radius 1 is 0.882 bits per heavy atom. The van der Waals surface area contributed by atoms with Crippen molar-refractivity contribution in [3.8, 4) is 0 Å². The van der Waals surface area contributed by atoms with Gasteiger partial charge in [-0.3, -0.25) is 0 Å². The van der Waals surface area contributed by atoms with Crippen molar-refractivity contribution in [2.45, 2.75) is 24.9 Å². The highest BCUT2D eigenvalue weighted by Gasteiger charge is 2.11. The van der Waals surface area contributed by atoms with Crippen LogP contribution in [-0.4, -0.2) is 9.52 Å². The molecule has 0 spiro atoms. The predicted octanol–water partition coefficient (Wildman–Crippen LogP) is 3.58. The molecule has 17 heavy (non-hydrogen) atoms. The van der Waals surface area contributed by atoms with Gasteiger partial charge in [0.1, 0.15) is 0 Å². The van der Waals surface area contributed by atoms with Crippen LogP contribution < -0.4 is 0 Å². The van der Waals surface area contributed by atoms with E-state index in [0.29, 0.717) is 0 Å². The molecule has 0 saturated heterocycles. The quantitative estimate of drug-likeness (QED) is 0.701. The van der Waals surface area contributed by atoms with E-state index in [9.17, 15) is 0 Å². The molecule has 0 aliphatic rings. The van der Waals surface area contributed by atoms with E-state index in [-0.39, 0.29) is 9.52 Å². The van der Waals surface area contributed by atoms with Gasteiger partial charge in [0.05, 0.1) is 0 Å². The Bertz CT molecular complexity index is 422. The first-order chi connectivity index (χ1) is 8.40. The highest BCUT2D eigenvalue weighted by Crippen LogP contribution is 2.20. The van der Waals surface area contributed by atoms with Crippen LogP contribution >= 0.6 is 0 Å². The summed E-state index contributed by atoms with van der Waals surface area (Å²) in [5.74, 6) is 0. The van der Waals surface area contributed by atoms with Gasteiger partial charge in [0.2, 0.25) is 0 Å². The fourth-order valence-electron chi connectivity index (χ4n) is 2.36. The van der Waals surface area contributed by atoms with Gasteiger partial charge in [0.25, 0.3) is 0 Å². The molecule has 0 radical (unpaired) electrons. The molecule has 2 rings (SSSR count). The molecular weight excluding hydrogens is 220 g/mol. The summed E-state index contributed by atoms with van der Waals surface area (Å²) < 4.78 is 0. The van der Waals surface area contributed by atoms with E-state index in [0.717, 1.165) is 5.54 Å². The van der Waals surface area contributed by atoms with Crippen molar-refractivity contribution in [1.29, 1.82) is 0 Å². The van der Waals surface area contributed by atoms with Crippen LogP contribution in [0.15, 0.2) is 60.7 Å². The third kappa shape index (κ3) is 3.57. The largest absolute Gasteiger partial charge is 0.0683 e. The molecule has 0 N–H and O–H groups in total. The molecule has 0 fully saturated rings. The zero-order valence-corrected chi connectivity index (χ0v) is 11.9. The second-order valence-electron chi connectivity index (χ2n) is 4.59. The summed E-state index contributed by atoms with van der Waals surface area (Å²) >= 11 is 0. The lowest BCUT2D eigenvalue weighted by Gasteiger charge is -2.16. The Hall–Kier alpha value is -1.34. The van der Waals surface area contributed by atoms with E-state index >= 15 is 0 Å². The maximum Gasteiger partial charge on any atom is 0.0288 e.